The Bertz CT molecular complexity index is 1980. The first-order chi connectivity index (χ1) is 22.3. The molecule has 0 aliphatic carbocycles. The molecule has 2 N–H and O–H groups in total. The third-order valence-electron chi connectivity index (χ3n) is 8.31. The summed E-state index contributed by atoms with van der Waals surface area (Å²) in [6.45, 7) is 2.89. The molecule has 1 radical (unpaired) electrons. The fourth-order valence-electron chi connectivity index (χ4n) is 5.60. The Hall–Kier alpha value is -4.37. The number of guanidine groups is 1. The Kier molecular flexibility index (Phi) is 8.93. The molecule has 3 aromatic carbocycles. The van der Waals surface area contributed by atoms with Crippen LogP contribution in [0.5, 0.6) is 0 Å². The van der Waals surface area contributed by atoms with Crippen LogP contribution in [0.3, 0.4) is 0 Å². The number of nitrogens with one attached hydrogen (secondary N) is 2. The van der Waals surface area contributed by atoms with Crippen LogP contribution in [0.1, 0.15) is 44.0 Å². The molecular formula is C32H29ClF5N6O3S. The van der Waals surface area contributed by atoms with Crippen LogP contribution in [0, 0.1) is 17.7 Å². The van der Waals surface area contributed by atoms with Crippen molar-refractivity contribution >= 4 is 33.3 Å². The van der Waals surface area contributed by atoms with E-state index in [0.717, 1.165) is 31.3 Å². The second-order valence-corrected chi connectivity index (χ2v) is 14.5. The van der Waals surface area contributed by atoms with E-state index in [9.17, 15) is 35.2 Å². The maximum atomic E-state index is 14.4. The topological polar surface area (TPSA) is 121 Å². The van der Waals surface area contributed by atoms with Crippen LogP contribution in [-0.2, 0) is 20.2 Å². The van der Waals surface area contributed by atoms with Gasteiger partial charge >= 0.3 is 12.7 Å². The summed E-state index contributed by atoms with van der Waals surface area (Å²) >= 11 is 6.30. The molecule has 1 saturated heterocycles. The van der Waals surface area contributed by atoms with Crippen LogP contribution in [0.15, 0.2) is 78.0 Å². The predicted octanol–water partition coefficient (Wildman–Crippen LogP) is 7.18. The van der Waals surface area contributed by atoms with Crippen molar-refractivity contribution in [1.82, 2.24) is 25.0 Å². The first-order valence-electron chi connectivity index (χ1n) is 14.3. The summed E-state index contributed by atoms with van der Waals surface area (Å²) < 4.78 is 94.0. The molecule has 1 aliphatic rings. The van der Waals surface area contributed by atoms with E-state index in [4.69, 9.17) is 17.0 Å². The molecule has 1 fully saturated rings. The largest absolute Gasteiger partial charge is 0.394 e. The highest BCUT2D eigenvalue weighted by molar-refractivity contribution is 7.90. The average Bonchev–Trinajstić information content (AvgIpc) is 3.59. The molecule has 48 heavy (non-hydrogen) atoms. The van der Waals surface area contributed by atoms with E-state index in [1.54, 1.807) is 24.3 Å². The molecule has 253 valence electrons. The lowest BCUT2D eigenvalue weighted by atomic mass is 9.73. The van der Waals surface area contributed by atoms with Crippen LogP contribution >= 0.6 is 11.6 Å². The Morgan fingerprint density at radius 3 is 2.15 bits per heavy atom. The molecule has 2 heterocycles. The Morgan fingerprint density at radius 1 is 1.02 bits per heavy atom. The van der Waals surface area contributed by atoms with Crippen LogP contribution in [0.25, 0.3) is 22.5 Å². The van der Waals surface area contributed by atoms with Gasteiger partial charge in [-0.05, 0) is 59.9 Å². The van der Waals surface area contributed by atoms with Gasteiger partial charge in [-0.3, -0.25) is 15.1 Å². The van der Waals surface area contributed by atoms with Gasteiger partial charge in [0, 0.05) is 11.8 Å². The molecule has 5 rings (SSSR count). The van der Waals surface area contributed by atoms with Gasteiger partial charge in [-0.1, -0.05) is 67.9 Å². The maximum absolute atomic E-state index is 14.4. The summed E-state index contributed by atoms with van der Waals surface area (Å²) in [5.41, 5.74) is -2.83. The molecular weight excluding hydrogens is 679 g/mol. The van der Waals surface area contributed by atoms with Gasteiger partial charge in [0.25, 0.3) is 5.91 Å². The summed E-state index contributed by atoms with van der Waals surface area (Å²) in [5.74, 6) is -1.68. The normalized spacial score (nSPS) is 18.0. The van der Waals surface area contributed by atoms with Gasteiger partial charge in [0.15, 0.2) is 21.6 Å². The Morgan fingerprint density at radius 2 is 1.60 bits per heavy atom. The zero-order chi connectivity index (χ0) is 35.4. The Balaban J connectivity index is 1.55. The number of hydrogen-bond acceptors (Lipinski definition) is 6. The quantitative estimate of drug-likeness (QED) is 0.178. The van der Waals surface area contributed by atoms with Gasteiger partial charge in [-0.15, -0.1) is 0 Å². The van der Waals surface area contributed by atoms with Gasteiger partial charge in [0.1, 0.15) is 11.9 Å². The minimum atomic E-state index is -4.73. The lowest BCUT2D eigenvalue weighted by Gasteiger charge is -2.37. The first-order valence-corrected chi connectivity index (χ1v) is 16.5. The highest BCUT2D eigenvalue weighted by Gasteiger charge is 2.59. The van der Waals surface area contributed by atoms with E-state index < -0.39 is 57.8 Å². The molecule has 4 aromatic rings. The lowest BCUT2D eigenvalue weighted by molar-refractivity contribution is -0.218. The molecule has 2 atom stereocenters. The van der Waals surface area contributed by atoms with Crippen LogP contribution in [-0.4, -0.2) is 52.4 Å². The standard InChI is InChI=1S/C32H29ClF5N6O3S/c1-18(21-9-14-25(33)24(15-21)26-40-17-41-44(26)28(34)35)43-27(45)31(42-29(43)39,16-30(2,3)32(36,37)38)22-10-5-19(6-11-22)20-7-12-23(13-8-20)48(4,46)47/h5-15,17-18,28H,1,16H2,2-4H3,(H2,39,42)/t18-,31+/m0/s1. The number of amides is 1. The number of carbonyl (C=O) groups excluding carboxylic acids is 1. The molecule has 1 amide bonds. The maximum Gasteiger partial charge on any atom is 0.394 e. The van der Waals surface area contributed by atoms with Crippen molar-refractivity contribution in [3.8, 4) is 22.5 Å². The highest BCUT2D eigenvalue weighted by atomic mass is 35.5. The van der Waals surface area contributed by atoms with E-state index in [2.05, 4.69) is 22.3 Å². The summed E-state index contributed by atoms with van der Waals surface area (Å²) in [6.07, 6.45) is -3.52. The van der Waals surface area contributed by atoms with Crippen LogP contribution in [0.4, 0.5) is 22.0 Å². The number of alkyl halides is 5. The molecule has 1 aliphatic heterocycles. The number of nitrogens with zero attached hydrogens (tertiary/aromatic N) is 4. The smallest absolute Gasteiger partial charge is 0.338 e. The third kappa shape index (κ3) is 6.28. The van der Waals surface area contributed by atoms with Crippen molar-refractivity contribution < 1.29 is 35.2 Å². The number of aromatic nitrogens is 3. The highest BCUT2D eigenvalue weighted by Crippen LogP contribution is 2.49. The molecule has 0 bridgehead atoms. The van der Waals surface area contributed by atoms with Gasteiger partial charge in [-0.2, -0.15) is 31.7 Å². The van der Waals surface area contributed by atoms with Crippen molar-refractivity contribution in [3.63, 3.8) is 0 Å². The zero-order valence-electron chi connectivity index (χ0n) is 25.7. The predicted molar refractivity (Wildman–Crippen MR) is 169 cm³/mol. The number of carbonyl (C=O) groups is 1. The SMILES string of the molecule is [CH2][C@@H](c1ccc(Cl)c(-c2ncnn2C(F)F)c1)N1C(=N)N[C@](CC(C)(C)C(F)(F)F)(c2ccc(-c3ccc(S(C)(=O)=O)cc3)cc2)C1=O. The van der Waals surface area contributed by atoms with Crippen LogP contribution in [0.2, 0.25) is 5.02 Å². The second-order valence-electron chi connectivity index (χ2n) is 12.0. The van der Waals surface area contributed by atoms with Crippen molar-refractivity contribution in [3.05, 3.63) is 96.1 Å². The van der Waals surface area contributed by atoms with E-state index >= 15 is 0 Å². The number of sulfone groups is 1. The van der Waals surface area contributed by atoms with Crippen LogP contribution < -0.4 is 5.32 Å². The third-order valence-corrected chi connectivity index (χ3v) is 9.77. The van der Waals surface area contributed by atoms with E-state index in [1.165, 1.54) is 42.5 Å². The molecule has 16 heteroatoms. The van der Waals surface area contributed by atoms with Crippen molar-refractivity contribution in [2.45, 2.75) is 49.5 Å². The number of halogens is 6. The van der Waals surface area contributed by atoms with Crippen molar-refractivity contribution in [2.75, 3.05) is 6.26 Å². The summed E-state index contributed by atoms with van der Waals surface area (Å²) in [5, 5.41) is 15.0. The first kappa shape index (κ1) is 35.0. The lowest BCUT2D eigenvalue weighted by Crippen LogP contribution is -2.50. The average molecular weight is 708 g/mol. The number of hydrogen-bond donors (Lipinski definition) is 2. The van der Waals surface area contributed by atoms with Crippen molar-refractivity contribution in [1.29, 1.82) is 5.41 Å². The van der Waals surface area contributed by atoms with Crippen molar-refractivity contribution in [2.24, 2.45) is 5.41 Å². The Labute approximate surface area is 278 Å². The van der Waals surface area contributed by atoms with E-state index in [1.807, 2.05) is 0 Å². The second kappa shape index (κ2) is 12.3. The number of benzene rings is 3. The summed E-state index contributed by atoms with van der Waals surface area (Å²) in [7, 11) is -3.43. The molecule has 1 aromatic heterocycles. The van der Waals surface area contributed by atoms with E-state index in [0.29, 0.717) is 15.8 Å². The minimum absolute atomic E-state index is 0.0362. The molecule has 0 saturated carbocycles. The van der Waals surface area contributed by atoms with Gasteiger partial charge < -0.3 is 5.32 Å². The fraction of sp³-hybridized carbons (Fsp3) is 0.281. The van der Waals surface area contributed by atoms with Gasteiger partial charge in [0.05, 0.1) is 21.4 Å². The van der Waals surface area contributed by atoms with Gasteiger partial charge in [-0.25, -0.2) is 13.4 Å². The monoisotopic (exact) mass is 707 g/mol. The number of rotatable bonds is 9. The molecule has 0 unspecified atom stereocenters. The molecule has 9 nitrogen and oxygen atoms in total. The van der Waals surface area contributed by atoms with E-state index in [-0.39, 0.29) is 32.4 Å². The summed E-state index contributed by atoms with van der Waals surface area (Å²) in [4.78, 5) is 19.3. The zero-order valence-corrected chi connectivity index (χ0v) is 27.3. The minimum Gasteiger partial charge on any atom is -0.338 e. The summed E-state index contributed by atoms with van der Waals surface area (Å²) in [6, 6.07) is 15.1. The van der Waals surface area contributed by atoms with Gasteiger partial charge in [0.2, 0.25) is 0 Å². The fourth-order valence-corrected chi connectivity index (χ4v) is 6.43. The molecule has 0 spiro atoms.